The topological polar surface area (TPSA) is 69.6 Å². The summed E-state index contributed by atoms with van der Waals surface area (Å²) in [5, 5.41) is 0. The average Bonchev–Trinajstić information content (AvgIpc) is 2.04. The molecule has 1 atom stereocenters. The molecule has 0 aromatic heterocycles. The van der Waals surface area contributed by atoms with Gasteiger partial charge < -0.3 is 14.3 Å². The highest BCUT2D eigenvalue weighted by atomic mass is 31.2. The van der Waals surface area contributed by atoms with Crippen LogP contribution < -0.4 is 4.89 Å². The Morgan fingerprint density at radius 1 is 1.82 bits per heavy atom. The lowest BCUT2D eigenvalue weighted by atomic mass is 10.2. The third kappa shape index (κ3) is 9.67. The minimum Gasteiger partial charge on any atom is -0.756 e. The van der Waals surface area contributed by atoms with Crippen molar-refractivity contribution in [3.63, 3.8) is 0 Å². The van der Waals surface area contributed by atoms with Gasteiger partial charge in [0.15, 0.2) is 0 Å². The van der Waals surface area contributed by atoms with Gasteiger partial charge in [-0.25, -0.2) is 0 Å². The van der Waals surface area contributed by atoms with Gasteiger partial charge in [-0.05, 0) is 12.8 Å². The first-order valence-corrected chi connectivity index (χ1v) is 4.62. The molecule has 0 bridgehead atoms. The molecule has 0 aliphatic carbocycles. The summed E-state index contributed by atoms with van der Waals surface area (Å²) >= 11 is 0. The molecule has 1 N–H and O–H groups in total. The molecule has 0 aliphatic heterocycles. The van der Waals surface area contributed by atoms with E-state index in [2.05, 4.69) is 15.3 Å². The van der Waals surface area contributed by atoms with E-state index in [1.54, 1.807) is 0 Å². The highest BCUT2D eigenvalue weighted by Gasteiger charge is 1.99. The van der Waals surface area contributed by atoms with E-state index in [0.29, 0.717) is 19.3 Å². The van der Waals surface area contributed by atoms with Crippen molar-refractivity contribution >= 4 is 7.82 Å². The van der Waals surface area contributed by atoms with Gasteiger partial charge in [0.1, 0.15) is 0 Å². The van der Waals surface area contributed by atoms with Crippen molar-refractivity contribution in [3.8, 4) is 12.3 Å². The van der Waals surface area contributed by atoms with E-state index in [4.69, 9.17) is 7.85 Å². The molecule has 0 aromatic rings. The fraction of sp³-hybridized carbons (Fsp3) is 0.667. The van der Waals surface area contributed by atoms with Crippen LogP contribution in [-0.2, 0) is 9.09 Å². The zero-order valence-electron chi connectivity index (χ0n) is 6.99. The summed E-state index contributed by atoms with van der Waals surface area (Å²) in [5.74, 6) is 2.41. The summed E-state index contributed by atoms with van der Waals surface area (Å²) in [6.45, 7) is 0.0152. The minimum absolute atomic E-state index is 0.0152. The molecule has 0 aliphatic rings. The Kier molecular flexibility index (Phi) is 4.25. The maximum absolute atomic E-state index is 10.4. The number of terminal acetylenes is 1. The van der Waals surface area contributed by atoms with E-state index >= 15 is 0 Å². The molecule has 64 valence electrons. The molecule has 1 unspecified atom stereocenters. The molecule has 0 heterocycles. The Morgan fingerprint density at radius 3 is 3.09 bits per heavy atom. The molecule has 0 saturated heterocycles. The molecule has 4 nitrogen and oxygen atoms in total. The average molecular weight is 179 g/mol. The van der Waals surface area contributed by atoms with Crippen LogP contribution >= 0.6 is 7.82 Å². The Hall–Kier alpha value is -0.330. The van der Waals surface area contributed by atoms with Crippen LogP contribution in [0.25, 0.3) is 0 Å². The highest BCUT2D eigenvalue weighted by molar-refractivity contribution is 7.44. The molecular formula is C6H10O4P-. The number of phosphoric acid groups is 1. The van der Waals surface area contributed by atoms with Crippen LogP contribution in [0.5, 0.6) is 0 Å². The van der Waals surface area contributed by atoms with E-state index in [0.717, 1.165) is 0 Å². The first-order valence-electron chi connectivity index (χ1n) is 3.57. The van der Waals surface area contributed by atoms with Gasteiger partial charge in [-0.3, -0.25) is 4.57 Å². The van der Waals surface area contributed by atoms with Gasteiger partial charge in [0.2, 0.25) is 1.43 Å². The molecule has 0 rings (SSSR count). The first-order chi connectivity index (χ1) is 5.62. The Balaban J connectivity index is 3.33. The lowest BCUT2D eigenvalue weighted by Crippen LogP contribution is -2.04. The largest absolute Gasteiger partial charge is 0.756 e. The zero-order valence-corrected chi connectivity index (χ0v) is 6.88. The van der Waals surface area contributed by atoms with Gasteiger partial charge in [-0.1, -0.05) is 0 Å². The van der Waals surface area contributed by atoms with Gasteiger partial charge in [0.25, 0.3) is 7.82 Å². The van der Waals surface area contributed by atoms with E-state index in [9.17, 15) is 9.46 Å². The second-order valence-corrected chi connectivity index (χ2v) is 3.09. The summed E-state index contributed by atoms with van der Waals surface area (Å²) in [7, 11) is -4.36. The minimum atomic E-state index is -4.36. The fourth-order valence-electron chi connectivity index (χ4n) is 0.505. The molecule has 0 spiro atoms. The van der Waals surface area contributed by atoms with Gasteiger partial charge in [0, 0.05) is 6.42 Å². The summed E-state index contributed by atoms with van der Waals surface area (Å²) in [4.78, 5) is 13.7. The number of hydrogen-bond acceptors (Lipinski definition) is 4. The highest BCUT2D eigenvalue weighted by Crippen LogP contribution is 2.30. The number of unbranched alkanes of at least 4 members (excludes halogenated alkanes) is 2. The third-order valence-electron chi connectivity index (χ3n) is 0.965. The van der Waals surface area contributed by atoms with Crippen molar-refractivity contribution < 1.29 is 18.9 Å². The predicted octanol–water partition coefficient (Wildman–Crippen LogP) is 0.267. The Labute approximate surface area is 67.3 Å². The maximum atomic E-state index is 10.4. The van der Waals surface area contributed by atoms with Crippen LogP contribution in [-0.4, -0.2) is 12.9 Å². The maximum Gasteiger partial charge on any atom is 0.265 e. The van der Waals surface area contributed by atoms with Crippen LogP contribution in [0, 0.1) is 12.3 Å². The van der Waals surface area contributed by atoms with Crippen LogP contribution in [0.4, 0.5) is 0 Å². The van der Waals surface area contributed by atoms with Crippen molar-refractivity contribution in [1.29, 1.82) is 1.43 Å². The van der Waals surface area contributed by atoms with Gasteiger partial charge in [0.05, 0.1) is 6.61 Å². The molecule has 11 heavy (non-hydrogen) atoms. The van der Waals surface area contributed by atoms with Crippen molar-refractivity contribution in [2.24, 2.45) is 0 Å². The van der Waals surface area contributed by atoms with Crippen LogP contribution in [0.1, 0.15) is 19.3 Å². The van der Waals surface area contributed by atoms with Gasteiger partial charge in [-0.15, -0.1) is 12.3 Å². The van der Waals surface area contributed by atoms with Gasteiger partial charge >= 0.3 is 0 Å². The van der Waals surface area contributed by atoms with E-state index in [1.807, 2.05) is 0 Å². The van der Waals surface area contributed by atoms with Gasteiger partial charge in [-0.2, -0.15) is 0 Å². The number of hydrogen-bond donors (Lipinski definition) is 1. The molecule has 0 amide bonds. The van der Waals surface area contributed by atoms with Crippen molar-refractivity contribution in [2.45, 2.75) is 19.3 Å². The molecule has 0 saturated carbocycles. The second-order valence-electron chi connectivity index (χ2n) is 1.94. The molecular weight excluding hydrogens is 167 g/mol. The number of phosphoric ester groups is 1. The van der Waals surface area contributed by atoms with Crippen molar-refractivity contribution in [3.05, 3.63) is 0 Å². The summed E-state index contributed by atoms with van der Waals surface area (Å²) in [6.07, 6.45) is 6.80. The second kappa shape index (κ2) is 5.34. The zero-order chi connectivity index (χ0) is 9.45. The third-order valence-corrected chi connectivity index (χ3v) is 1.46. The van der Waals surface area contributed by atoms with E-state index in [-0.39, 0.29) is 6.61 Å². The van der Waals surface area contributed by atoms with Crippen molar-refractivity contribution in [1.82, 2.24) is 0 Å². The van der Waals surface area contributed by atoms with E-state index < -0.39 is 7.82 Å². The van der Waals surface area contributed by atoms with Crippen LogP contribution in [0.15, 0.2) is 0 Å². The monoisotopic (exact) mass is 179 g/mol. The lowest BCUT2D eigenvalue weighted by molar-refractivity contribution is -0.219. The fourth-order valence-corrected chi connectivity index (χ4v) is 0.858. The summed E-state index contributed by atoms with van der Waals surface area (Å²) in [5.41, 5.74) is 0. The number of rotatable bonds is 6. The van der Waals surface area contributed by atoms with Crippen LogP contribution in [0.2, 0.25) is 0 Å². The summed E-state index contributed by atoms with van der Waals surface area (Å²) in [6, 6.07) is 0. The quantitative estimate of drug-likeness (QED) is 0.361. The molecule has 0 aromatic carbocycles. The Bertz CT molecular complexity index is 200. The summed E-state index contributed by atoms with van der Waals surface area (Å²) < 4.78 is 20.7. The molecule has 5 heteroatoms. The predicted molar refractivity (Wildman–Crippen MR) is 38.5 cm³/mol. The smallest absolute Gasteiger partial charge is 0.265 e. The van der Waals surface area contributed by atoms with Crippen LogP contribution in [0.3, 0.4) is 0 Å². The Morgan fingerprint density at radius 2 is 2.55 bits per heavy atom. The lowest BCUT2D eigenvalue weighted by Gasteiger charge is -2.14. The SMILES string of the molecule is [3H]OP(=O)([O-])OCCCCC#C. The molecule has 0 radical (unpaired) electrons. The standard InChI is InChI=1S/C6H11O4P/c1-2-3-4-5-6-10-11(7,8)9/h1H,3-6H2,(H2,7,8,9)/p-1/i/hT. The first kappa shape index (κ1) is 8.76. The molecule has 0 fully saturated rings. The van der Waals surface area contributed by atoms with E-state index in [1.165, 1.54) is 0 Å². The van der Waals surface area contributed by atoms with Crippen molar-refractivity contribution in [2.75, 3.05) is 6.61 Å². The normalized spacial score (nSPS) is 16.5.